The van der Waals surface area contributed by atoms with E-state index in [2.05, 4.69) is 11.2 Å². The van der Waals surface area contributed by atoms with Gasteiger partial charge < -0.3 is 5.32 Å². The van der Waals surface area contributed by atoms with E-state index in [4.69, 9.17) is 6.42 Å². The van der Waals surface area contributed by atoms with Gasteiger partial charge in [0.1, 0.15) is 5.78 Å². The van der Waals surface area contributed by atoms with Gasteiger partial charge in [-0.05, 0) is 19.8 Å². The van der Waals surface area contributed by atoms with Crippen LogP contribution in [0.15, 0.2) is 0 Å². The number of carbonyl (C=O) groups is 1. The summed E-state index contributed by atoms with van der Waals surface area (Å²) >= 11 is 0. The molecule has 0 saturated heterocycles. The van der Waals surface area contributed by atoms with E-state index in [9.17, 15) is 4.79 Å². The molecule has 1 aliphatic rings. The molecular formula is C11H17NO. The Kier molecular flexibility index (Phi) is 3.98. The average Bonchev–Trinajstić information content (AvgIpc) is 2.15. The highest BCUT2D eigenvalue weighted by Gasteiger charge is 2.27. The summed E-state index contributed by atoms with van der Waals surface area (Å²) in [4.78, 5) is 11.3. The minimum Gasteiger partial charge on any atom is -0.303 e. The van der Waals surface area contributed by atoms with Gasteiger partial charge in [-0.1, -0.05) is 18.8 Å². The van der Waals surface area contributed by atoms with Crippen molar-refractivity contribution in [3.8, 4) is 12.3 Å². The molecule has 0 bridgehead atoms. The first kappa shape index (κ1) is 10.3. The maximum atomic E-state index is 11.3. The summed E-state index contributed by atoms with van der Waals surface area (Å²) in [7, 11) is 0. The van der Waals surface area contributed by atoms with Gasteiger partial charge in [-0.2, -0.15) is 0 Å². The zero-order valence-electron chi connectivity index (χ0n) is 8.18. The van der Waals surface area contributed by atoms with E-state index < -0.39 is 0 Å². The van der Waals surface area contributed by atoms with Crippen molar-refractivity contribution in [3.05, 3.63) is 0 Å². The predicted molar refractivity (Wildman–Crippen MR) is 53.3 cm³/mol. The number of ketones is 1. The van der Waals surface area contributed by atoms with E-state index >= 15 is 0 Å². The average molecular weight is 179 g/mol. The van der Waals surface area contributed by atoms with Gasteiger partial charge in [0.2, 0.25) is 0 Å². The number of terminal acetylenes is 1. The van der Waals surface area contributed by atoms with E-state index in [1.165, 1.54) is 12.8 Å². The van der Waals surface area contributed by atoms with Gasteiger partial charge in [0.25, 0.3) is 0 Å². The zero-order chi connectivity index (χ0) is 9.68. The molecule has 1 saturated carbocycles. The van der Waals surface area contributed by atoms with Crippen molar-refractivity contribution in [2.24, 2.45) is 5.92 Å². The molecule has 0 aliphatic heterocycles. The van der Waals surface area contributed by atoms with Crippen molar-refractivity contribution in [1.29, 1.82) is 0 Å². The van der Waals surface area contributed by atoms with Gasteiger partial charge in [-0.25, -0.2) is 0 Å². The fraction of sp³-hybridized carbons (Fsp3) is 0.727. The van der Waals surface area contributed by atoms with Crippen molar-refractivity contribution in [2.45, 2.75) is 38.6 Å². The lowest BCUT2D eigenvalue weighted by Gasteiger charge is -2.29. The molecule has 0 radical (unpaired) electrons. The number of Topliss-reactive ketones (excluding diaryl/α,β-unsaturated/α-hetero) is 1. The Morgan fingerprint density at radius 2 is 2.23 bits per heavy atom. The van der Waals surface area contributed by atoms with Gasteiger partial charge in [0.15, 0.2) is 0 Å². The maximum absolute atomic E-state index is 11.3. The predicted octanol–water partition coefficient (Wildman–Crippen LogP) is 1.36. The number of hydrogen-bond donors (Lipinski definition) is 1. The molecule has 0 unspecified atom stereocenters. The molecule has 2 heteroatoms. The van der Waals surface area contributed by atoms with Crippen LogP contribution in [0.2, 0.25) is 0 Å². The van der Waals surface area contributed by atoms with Crippen LogP contribution < -0.4 is 5.32 Å². The summed E-state index contributed by atoms with van der Waals surface area (Å²) in [5.41, 5.74) is 0. The molecule has 0 aromatic carbocycles. The van der Waals surface area contributed by atoms with Crippen LogP contribution in [0.5, 0.6) is 0 Å². The third-order valence-electron chi connectivity index (χ3n) is 2.75. The highest BCUT2D eigenvalue weighted by Crippen LogP contribution is 2.24. The van der Waals surface area contributed by atoms with Crippen LogP contribution >= 0.6 is 0 Å². The van der Waals surface area contributed by atoms with Crippen molar-refractivity contribution >= 4 is 5.78 Å². The largest absolute Gasteiger partial charge is 0.303 e. The maximum Gasteiger partial charge on any atom is 0.134 e. The molecular weight excluding hydrogens is 162 g/mol. The Labute approximate surface area is 80.1 Å². The lowest BCUT2D eigenvalue weighted by Crippen LogP contribution is -2.41. The molecule has 1 aliphatic carbocycles. The van der Waals surface area contributed by atoms with Crippen LogP contribution in [0.3, 0.4) is 0 Å². The molecule has 72 valence electrons. The third kappa shape index (κ3) is 2.86. The topological polar surface area (TPSA) is 29.1 Å². The van der Waals surface area contributed by atoms with E-state index in [0.717, 1.165) is 12.8 Å². The van der Waals surface area contributed by atoms with Crippen molar-refractivity contribution in [1.82, 2.24) is 5.32 Å². The minimum atomic E-state index is 0.196. The molecule has 0 heterocycles. The standard InChI is InChI=1S/C11H17NO/c1-3-8-12-11-7-5-4-6-10(11)9(2)13/h1,10-12H,4-8H2,2H3/t10-,11-/m0/s1. The Morgan fingerprint density at radius 1 is 1.54 bits per heavy atom. The van der Waals surface area contributed by atoms with Gasteiger partial charge in [-0.3, -0.25) is 4.79 Å². The number of hydrogen-bond acceptors (Lipinski definition) is 2. The minimum absolute atomic E-state index is 0.196. The molecule has 1 rings (SSSR count). The second-order valence-electron chi connectivity index (χ2n) is 3.69. The fourth-order valence-corrected chi connectivity index (χ4v) is 2.05. The summed E-state index contributed by atoms with van der Waals surface area (Å²) in [6.45, 7) is 2.26. The van der Waals surface area contributed by atoms with Gasteiger partial charge in [0.05, 0.1) is 6.54 Å². The summed E-state index contributed by atoms with van der Waals surface area (Å²) < 4.78 is 0. The first-order valence-electron chi connectivity index (χ1n) is 4.93. The number of rotatable bonds is 3. The van der Waals surface area contributed by atoms with Crippen LogP contribution in [-0.2, 0) is 4.79 Å². The van der Waals surface area contributed by atoms with Gasteiger partial charge in [-0.15, -0.1) is 6.42 Å². The van der Waals surface area contributed by atoms with Crippen LogP contribution in [0.1, 0.15) is 32.6 Å². The number of nitrogens with one attached hydrogen (secondary N) is 1. The third-order valence-corrected chi connectivity index (χ3v) is 2.75. The second-order valence-corrected chi connectivity index (χ2v) is 3.69. The monoisotopic (exact) mass is 179 g/mol. The smallest absolute Gasteiger partial charge is 0.134 e. The SMILES string of the molecule is C#CCN[C@H]1CCCC[C@H]1C(C)=O. The first-order valence-corrected chi connectivity index (χ1v) is 4.93. The molecule has 0 aromatic rings. The van der Waals surface area contributed by atoms with Crippen molar-refractivity contribution in [3.63, 3.8) is 0 Å². The van der Waals surface area contributed by atoms with Crippen LogP contribution in [0.4, 0.5) is 0 Å². The molecule has 2 atom stereocenters. The Hall–Kier alpha value is -0.810. The van der Waals surface area contributed by atoms with Crippen LogP contribution in [-0.4, -0.2) is 18.4 Å². The number of carbonyl (C=O) groups excluding carboxylic acids is 1. The highest BCUT2D eigenvalue weighted by atomic mass is 16.1. The quantitative estimate of drug-likeness (QED) is 0.663. The summed E-state index contributed by atoms with van der Waals surface area (Å²) in [6, 6.07) is 0.322. The van der Waals surface area contributed by atoms with Crippen LogP contribution in [0, 0.1) is 18.3 Å². The highest BCUT2D eigenvalue weighted by molar-refractivity contribution is 5.79. The lowest BCUT2D eigenvalue weighted by molar-refractivity contribution is -0.122. The molecule has 13 heavy (non-hydrogen) atoms. The molecule has 1 fully saturated rings. The Bertz CT molecular complexity index is 217. The van der Waals surface area contributed by atoms with E-state index in [1.54, 1.807) is 6.92 Å². The van der Waals surface area contributed by atoms with Crippen molar-refractivity contribution < 1.29 is 4.79 Å². The van der Waals surface area contributed by atoms with Crippen molar-refractivity contribution in [2.75, 3.05) is 6.54 Å². The summed E-state index contributed by atoms with van der Waals surface area (Å²) in [5, 5.41) is 3.25. The summed E-state index contributed by atoms with van der Waals surface area (Å²) in [5.74, 6) is 3.05. The zero-order valence-corrected chi connectivity index (χ0v) is 8.18. The van der Waals surface area contributed by atoms with Gasteiger partial charge in [0, 0.05) is 12.0 Å². The molecule has 0 aromatic heterocycles. The molecule has 0 spiro atoms. The molecule has 0 amide bonds. The summed E-state index contributed by atoms with van der Waals surface area (Å²) in [6.07, 6.45) is 9.68. The van der Waals surface area contributed by atoms with E-state index in [1.807, 2.05) is 0 Å². The molecule has 2 nitrogen and oxygen atoms in total. The van der Waals surface area contributed by atoms with Crippen LogP contribution in [0.25, 0.3) is 0 Å². The van der Waals surface area contributed by atoms with E-state index in [0.29, 0.717) is 18.4 Å². The molecule has 1 N–H and O–H groups in total. The van der Waals surface area contributed by atoms with E-state index in [-0.39, 0.29) is 5.92 Å². The van der Waals surface area contributed by atoms with Gasteiger partial charge >= 0.3 is 0 Å². The normalized spacial score (nSPS) is 28.0. The lowest BCUT2D eigenvalue weighted by atomic mass is 9.82. The first-order chi connectivity index (χ1) is 6.25. The fourth-order valence-electron chi connectivity index (χ4n) is 2.05. The Balaban J connectivity index is 2.47. The Morgan fingerprint density at radius 3 is 2.85 bits per heavy atom. The second kappa shape index (κ2) is 5.04.